The van der Waals surface area contributed by atoms with Gasteiger partial charge in [0.15, 0.2) is 0 Å². The van der Waals surface area contributed by atoms with Crippen LogP contribution >= 0.6 is 0 Å². The number of hydrogen-bond acceptors (Lipinski definition) is 4. The third-order valence-electron chi connectivity index (χ3n) is 6.10. The van der Waals surface area contributed by atoms with Gasteiger partial charge in [-0.15, -0.1) is 23.4 Å². The van der Waals surface area contributed by atoms with Gasteiger partial charge in [-0.05, 0) is 31.3 Å². The summed E-state index contributed by atoms with van der Waals surface area (Å²) >= 11 is 0. The van der Waals surface area contributed by atoms with Gasteiger partial charge in [-0.2, -0.15) is 37.0 Å². The van der Waals surface area contributed by atoms with Gasteiger partial charge in [-0.25, -0.2) is 0 Å². The van der Waals surface area contributed by atoms with Crippen LogP contribution in [0.3, 0.4) is 0 Å². The molecule has 0 radical (unpaired) electrons. The summed E-state index contributed by atoms with van der Waals surface area (Å²) in [6.45, 7) is 2.67. The van der Waals surface area contributed by atoms with Gasteiger partial charge in [0.25, 0.3) is 0 Å². The number of pyridine rings is 1. The zero-order chi connectivity index (χ0) is 22.9. The average molecular weight is 633 g/mol. The van der Waals surface area contributed by atoms with E-state index in [0.29, 0.717) is 6.61 Å². The SMILES string of the molecule is CN1[CH-]N(c2[c-]cccc2)c2ccccc21.[Ir+3].[c-]1cc2ccccc2c2c1-c1ncccc1OC2. The molecule has 35 heavy (non-hydrogen) atoms. The number of rotatable bonds is 1. The monoisotopic (exact) mass is 633 g/mol. The fourth-order valence-electron chi connectivity index (χ4n) is 4.46. The van der Waals surface area contributed by atoms with Crippen LogP contribution in [0.15, 0.2) is 97.2 Å². The van der Waals surface area contributed by atoms with Crippen LogP contribution in [0.5, 0.6) is 5.75 Å². The van der Waals surface area contributed by atoms with E-state index in [1.807, 2.05) is 42.5 Å². The minimum atomic E-state index is 0. The van der Waals surface area contributed by atoms with E-state index in [0.717, 1.165) is 22.7 Å². The van der Waals surface area contributed by atoms with Crippen molar-refractivity contribution in [3.05, 3.63) is 122 Å². The molecule has 172 valence electrons. The molecule has 3 heterocycles. The Bertz CT molecular complexity index is 1470. The summed E-state index contributed by atoms with van der Waals surface area (Å²) in [5.74, 6) is 0.844. The number of ether oxygens (including phenoxy) is 1. The molecular weight excluding hydrogens is 611 g/mol. The summed E-state index contributed by atoms with van der Waals surface area (Å²) in [7, 11) is 2.06. The van der Waals surface area contributed by atoms with Gasteiger partial charge >= 0.3 is 20.1 Å². The topological polar surface area (TPSA) is 28.6 Å². The molecule has 0 saturated carbocycles. The number of aromatic nitrogens is 1. The molecule has 0 aliphatic carbocycles. The van der Waals surface area contributed by atoms with Gasteiger partial charge in [-0.1, -0.05) is 52.7 Å². The second-order valence-electron chi connectivity index (χ2n) is 8.20. The largest absolute Gasteiger partial charge is 3.00 e. The second-order valence-corrected chi connectivity index (χ2v) is 8.20. The van der Waals surface area contributed by atoms with Crippen molar-refractivity contribution in [3.8, 4) is 17.0 Å². The molecule has 0 bridgehead atoms. The summed E-state index contributed by atoms with van der Waals surface area (Å²) < 4.78 is 5.78. The number of fused-ring (bicyclic) bond motifs is 6. The van der Waals surface area contributed by atoms with Crippen molar-refractivity contribution in [2.75, 3.05) is 16.8 Å². The standard InChI is InChI=1S/C16H10NO.C14H12N2.Ir/c1-2-5-12-11(4-1)7-8-13-14(12)10-18-15-6-3-9-17-16(13)15;1-15-11-16(12-7-3-2-4-8-12)14-10-6-5-9-13(14)15;/h1-7,9H,10H2;2-7,9-11H,1H3;/q-1;-2;+3. The quantitative estimate of drug-likeness (QED) is 0.191. The molecular formula is C30H22IrN3O. The van der Waals surface area contributed by atoms with Crippen molar-refractivity contribution in [2.24, 2.45) is 0 Å². The molecule has 2 aliphatic rings. The summed E-state index contributed by atoms with van der Waals surface area (Å²) in [5.41, 5.74) is 6.63. The Morgan fingerprint density at radius 2 is 1.69 bits per heavy atom. The third-order valence-corrected chi connectivity index (χ3v) is 6.10. The predicted octanol–water partition coefficient (Wildman–Crippen LogP) is 6.79. The minimum absolute atomic E-state index is 0. The van der Waals surface area contributed by atoms with Crippen LogP contribution in [0.4, 0.5) is 17.1 Å². The van der Waals surface area contributed by atoms with Crippen LogP contribution in [-0.4, -0.2) is 12.0 Å². The van der Waals surface area contributed by atoms with Crippen molar-refractivity contribution in [2.45, 2.75) is 6.61 Å². The molecule has 5 heteroatoms. The zero-order valence-corrected chi connectivity index (χ0v) is 21.5. The third kappa shape index (κ3) is 4.29. The molecule has 7 rings (SSSR count). The Kier molecular flexibility index (Phi) is 6.54. The van der Waals surface area contributed by atoms with Gasteiger partial charge in [0, 0.05) is 23.3 Å². The Morgan fingerprint density at radius 3 is 2.54 bits per heavy atom. The first-order chi connectivity index (χ1) is 16.8. The number of anilines is 3. The van der Waals surface area contributed by atoms with Gasteiger partial charge in [0.1, 0.15) is 5.75 Å². The molecule has 0 amide bonds. The van der Waals surface area contributed by atoms with E-state index in [9.17, 15) is 0 Å². The van der Waals surface area contributed by atoms with Crippen molar-refractivity contribution in [1.29, 1.82) is 0 Å². The fraction of sp³-hybridized carbons (Fsp3) is 0.0667. The van der Waals surface area contributed by atoms with Gasteiger partial charge in [0.05, 0.1) is 6.61 Å². The molecule has 0 N–H and O–H groups in total. The van der Waals surface area contributed by atoms with Crippen LogP contribution < -0.4 is 14.5 Å². The smallest absolute Gasteiger partial charge is 0.506 e. The molecule has 0 spiro atoms. The van der Waals surface area contributed by atoms with Crippen molar-refractivity contribution in [1.82, 2.24) is 4.98 Å². The molecule has 0 atom stereocenters. The van der Waals surface area contributed by atoms with E-state index in [4.69, 9.17) is 4.74 Å². The van der Waals surface area contributed by atoms with E-state index in [2.05, 4.69) is 89.2 Å². The van der Waals surface area contributed by atoms with Crippen LogP contribution in [0.25, 0.3) is 22.0 Å². The van der Waals surface area contributed by atoms with E-state index in [-0.39, 0.29) is 20.1 Å². The van der Waals surface area contributed by atoms with E-state index in [1.54, 1.807) is 6.20 Å². The molecule has 0 unspecified atom stereocenters. The Labute approximate surface area is 219 Å². The number of benzene rings is 4. The van der Waals surface area contributed by atoms with Crippen LogP contribution in [0.1, 0.15) is 5.56 Å². The maximum atomic E-state index is 5.78. The number of nitrogens with zero attached hydrogens (tertiary/aromatic N) is 3. The number of hydrogen-bond donors (Lipinski definition) is 0. The van der Waals surface area contributed by atoms with Crippen molar-refractivity contribution in [3.63, 3.8) is 0 Å². The summed E-state index contributed by atoms with van der Waals surface area (Å²) in [5, 5.41) is 2.42. The molecule has 4 nitrogen and oxygen atoms in total. The first-order valence-electron chi connectivity index (χ1n) is 11.2. The van der Waals surface area contributed by atoms with Gasteiger partial charge in [-0.3, -0.25) is 0 Å². The Hall–Kier alpha value is -3.66. The van der Waals surface area contributed by atoms with Gasteiger partial charge in [0.2, 0.25) is 0 Å². The first-order valence-corrected chi connectivity index (χ1v) is 11.2. The van der Waals surface area contributed by atoms with E-state index < -0.39 is 0 Å². The van der Waals surface area contributed by atoms with Crippen LogP contribution in [0, 0.1) is 18.8 Å². The van der Waals surface area contributed by atoms with E-state index >= 15 is 0 Å². The van der Waals surface area contributed by atoms with Crippen molar-refractivity contribution >= 4 is 27.8 Å². The Morgan fingerprint density at radius 1 is 0.886 bits per heavy atom. The van der Waals surface area contributed by atoms with Crippen LogP contribution in [-0.2, 0) is 26.7 Å². The fourth-order valence-corrected chi connectivity index (χ4v) is 4.46. The zero-order valence-electron chi connectivity index (χ0n) is 19.1. The second kappa shape index (κ2) is 9.91. The molecule has 0 fully saturated rings. The van der Waals surface area contributed by atoms with Crippen LogP contribution in [0.2, 0.25) is 0 Å². The van der Waals surface area contributed by atoms with Crippen molar-refractivity contribution < 1.29 is 24.8 Å². The maximum absolute atomic E-state index is 5.78. The summed E-state index contributed by atoms with van der Waals surface area (Å²) in [6, 6.07) is 37.1. The predicted molar refractivity (Wildman–Crippen MR) is 137 cm³/mol. The number of para-hydroxylation sites is 3. The molecule has 0 saturated heterocycles. The molecule has 5 aromatic rings. The van der Waals surface area contributed by atoms with E-state index in [1.165, 1.54) is 27.7 Å². The first kappa shape index (κ1) is 23.1. The minimum Gasteiger partial charge on any atom is -0.506 e. The molecule has 4 aromatic carbocycles. The summed E-state index contributed by atoms with van der Waals surface area (Å²) in [4.78, 5) is 8.68. The summed E-state index contributed by atoms with van der Waals surface area (Å²) in [6.07, 6.45) is 1.79. The normalized spacial score (nSPS) is 12.9. The molecule has 1 aromatic heterocycles. The average Bonchev–Trinajstić information content (AvgIpc) is 3.26. The molecule has 2 aliphatic heterocycles. The Balaban J connectivity index is 0.000000142. The van der Waals surface area contributed by atoms with Gasteiger partial charge < -0.3 is 19.5 Å². The maximum Gasteiger partial charge on any atom is 3.00 e.